The highest BCUT2D eigenvalue weighted by molar-refractivity contribution is 5.99. The average Bonchev–Trinajstić information content (AvgIpc) is 3.49. The molecular weight excluding hydrogens is 483 g/mol. The summed E-state index contributed by atoms with van der Waals surface area (Å²) in [5, 5.41) is 13.2. The molecule has 0 atom stereocenters. The molecule has 1 aliphatic rings. The maximum atomic E-state index is 13.1. The Morgan fingerprint density at radius 2 is 1.72 bits per heavy atom. The third kappa shape index (κ3) is 4.21. The first-order valence-electron chi connectivity index (χ1n) is 10.7. The summed E-state index contributed by atoms with van der Waals surface area (Å²) in [5.41, 5.74) is 2.18. The molecule has 0 saturated carbocycles. The van der Waals surface area contributed by atoms with E-state index >= 15 is 0 Å². The van der Waals surface area contributed by atoms with E-state index in [9.17, 15) is 22.8 Å². The number of fused-ring (bicyclic) bond motifs is 1. The fourth-order valence-corrected chi connectivity index (χ4v) is 4.01. The van der Waals surface area contributed by atoms with Gasteiger partial charge >= 0.3 is 18.2 Å². The number of rotatable bonds is 3. The number of pyridine rings is 2. The van der Waals surface area contributed by atoms with Crippen molar-refractivity contribution in [2.45, 2.75) is 6.18 Å². The van der Waals surface area contributed by atoms with Crippen molar-refractivity contribution in [2.75, 3.05) is 26.2 Å². The highest BCUT2D eigenvalue weighted by Gasteiger charge is 2.38. The summed E-state index contributed by atoms with van der Waals surface area (Å²) in [6.45, 7) is 1.06. The Morgan fingerprint density at radius 1 is 1.03 bits per heavy atom. The van der Waals surface area contributed by atoms with Gasteiger partial charge in [-0.05, 0) is 24.3 Å². The van der Waals surface area contributed by atoms with Gasteiger partial charge in [-0.25, -0.2) is 4.79 Å². The minimum atomic E-state index is -4.75. The van der Waals surface area contributed by atoms with Crippen molar-refractivity contribution in [2.24, 2.45) is 7.05 Å². The molecule has 0 unspecified atom stereocenters. The van der Waals surface area contributed by atoms with Crippen molar-refractivity contribution in [3.8, 4) is 22.8 Å². The molecule has 4 aromatic heterocycles. The molecule has 5 heterocycles. The van der Waals surface area contributed by atoms with Crippen LogP contribution in [0.3, 0.4) is 0 Å². The third-order valence-electron chi connectivity index (χ3n) is 5.93. The molecule has 2 amide bonds. The lowest BCUT2D eigenvalue weighted by molar-refractivity contribution is -0.159. The van der Waals surface area contributed by atoms with Crippen molar-refractivity contribution in [1.29, 1.82) is 0 Å². The fraction of sp³-hybridized carbons (Fsp3) is 0.273. The standard InChI is InChI=1S/C22H18F3N7O4/c1-30-16(19(33)31-4-6-32(7-5-31)21(34)35)10-13-9-15(27-11-17(13)30)14-8-12(2-3-26-14)18-28-20(36-29-18)22(23,24)25/h2-3,8-11H,4-7H2,1H3,(H,34,35). The van der Waals surface area contributed by atoms with E-state index in [1.54, 1.807) is 34.8 Å². The summed E-state index contributed by atoms with van der Waals surface area (Å²) < 4.78 is 44.4. The van der Waals surface area contributed by atoms with Crippen molar-refractivity contribution in [3.05, 3.63) is 48.2 Å². The monoisotopic (exact) mass is 501 g/mol. The number of aryl methyl sites for hydroxylation is 1. The number of nitrogens with zero attached hydrogens (tertiary/aromatic N) is 7. The number of carboxylic acid groups (broad SMARTS) is 1. The maximum absolute atomic E-state index is 13.1. The number of piperazine rings is 1. The second kappa shape index (κ2) is 8.62. The zero-order valence-electron chi connectivity index (χ0n) is 18.7. The molecule has 5 rings (SSSR count). The van der Waals surface area contributed by atoms with Crippen LogP contribution in [0.15, 0.2) is 41.2 Å². The van der Waals surface area contributed by atoms with Crippen LogP contribution < -0.4 is 0 Å². The van der Waals surface area contributed by atoms with E-state index in [0.29, 0.717) is 41.1 Å². The van der Waals surface area contributed by atoms with Gasteiger partial charge in [0.1, 0.15) is 5.69 Å². The van der Waals surface area contributed by atoms with E-state index in [0.717, 1.165) is 0 Å². The normalized spacial score (nSPS) is 14.4. The van der Waals surface area contributed by atoms with Crippen molar-refractivity contribution in [3.63, 3.8) is 0 Å². The molecule has 11 nitrogen and oxygen atoms in total. The van der Waals surface area contributed by atoms with Gasteiger partial charge < -0.3 is 24.0 Å². The van der Waals surface area contributed by atoms with Crippen molar-refractivity contribution >= 4 is 22.9 Å². The molecule has 14 heteroatoms. The number of carbonyl (C=O) groups is 2. The van der Waals surface area contributed by atoms with Crippen LogP contribution in [-0.4, -0.2) is 77.8 Å². The Kier molecular flexibility index (Phi) is 5.57. The second-order valence-corrected chi connectivity index (χ2v) is 8.13. The number of carbonyl (C=O) groups excluding carboxylic acids is 1. The lowest BCUT2D eigenvalue weighted by atomic mass is 10.1. The highest BCUT2D eigenvalue weighted by Crippen LogP contribution is 2.30. The molecule has 0 aliphatic carbocycles. The van der Waals surface area contributed by atoms with E-state index in [4.69, 9.17) is 5.11 Å². The van der Waals surface area contributed by atoms with Crippen LogP contribution in [0.1, 0.15) is 16.4 Å². The zero-order chi connectivity index (χ0) is 25.6. The number of hydrogen-bond acceptors (Lipinski definition) is 7. The van der Waals surface area contributed by atoms with E-state index in [-0.39, 0.29) is 30.4 Å². The van der Waals surface area contributed by atoms with E-state index in [2.05, 4.69) is 24.6 Å². The number of hydrogen-bond donors (Lipinski definition) is 1. The van der Waals surface area contributed by atoms with Crippen molar-refractivity contribution in [1.82, 2.24) is 34.5 Å². The summed E-state index contributed by atoms with van der Waals surface area (Å²) in [7, 11) is 1.73. The minimum absolute atomic E-state index is 0.224. The quantitative estimate of drug-likeness (QED) is 0.453. The number of alkyl halides is 3. The van der Waals surface area contributed by atoms with Crippen LogP contribution in [0, 0.1) is 0 Å². The summed E-state index contributed by atoms with van der Waals surface area (Å²) in [4.78, 5) is 39.1. The Balaban J connectivity index is 1.42. The van der Waals surface area contributed by atoms with Gasteiger partial charge in [0.25, 0.3) is 5.91 Å². The smallest absolute Gasteiger partial charge is 0.465 e. The van der Waals surface area contributed by atoms with Gasteiger partial charge in [-0.15, -0.1) is 0 Å². The Bertz CT molecular complexity index is 1470. The van der Waals surface area contributed by atoms with Crippen LogP contribution in [0.5, 0.6) is 0 Å². The van der Waals surface area contributed by atoms with Gasteiger partial charge in [-0.1, -0.05) is 5.16 Å². The largest absolute Gasteiger partial charge is 0.471 e. The molecule has 1 fully saturated rings. The number of halogens is 3. The molecule has 0 bridgehead atoms. The molecule has 4 aromatic rings. The van der Waals surface area contributed by atoms with Gasteiger partial charge in [0.05, 0.1) is 23.1 Å². The lowest BCUT2D eigenvalue weighted by Crippen LogP contribution is -2.50. The predicted octanol–water partition coefficient (Wildman–Crippen LogP) is 3.14. The van der Waals surface area contributed by atoms with Crippen molar-refractivity contribution < 1.29 is 32.4 Å². The lowest BCUT2D eigenvalue weighted by Gasteiger charge is -2.33. The van der Waals surface area contributed by atoms with E-state index in [1.807, 2.05) is 0 Å². The summed E-state index contributed by atoms with van der Waals surface area (Å²) in [5.74, 6) is -1.90. The second-order valence-electron chi connectivity index (χ2n) is 8.13. The van der Waals surface area contributed by atoms with Crippen LogP contribution in [-0.2, 0) is 13.2 Å². The summed E-state index contributed by atoms with van der Waals surface area (Å²) in [6, 6.07) is 6.38. The molecule has 1 aliphatic heterocycles. The topological polar surface area (TPSA) is 130 Å². The first-order valence-corrected chi connectivity index (χ1v) is 10.7. The SMILES string of the molecule is Cn1c(C(=O)N2CCN(C(=O)O)CC2)cc2cc(-c3cc(-c4noc(C(F)(F)F)n4)ccn3)ncc21. The average molecular weight is 501 g/mol. The Morgan fingerprint density at radius 3 is 2.39 bits per heavy atom. The predicted molar refractivity (Wildman–Crippen MR) is 118 cm³/mol. The van der Waals surface area contributed by atoms with Crippen LogP contribution in [0.25, 0.3) is 33.7 Å². The molecule has 0 spiro atoms. The highest BCUT2D eigenvalue weighted by atomic mass is 19.4. The molecule has 0 aromatic carbocycles. The number of amides is 2. The molecule has 186 valence electrons. The van der Waals surface area contributed by atoms with Gasteiger partial charge in [-0.2, -0.15) is 18.2 Å². The van der Waals surface area contributed by atoms with Gasteiger partial charge in [0.2, 0.25) is 5.82 Å². The Hall–Kier alpha value is -4.49. The molecule has 36 heavy (non-hydrogen) atoms. The first-order chi connectivity index (χ1) is 17.1. The van der Waals surface area contributed by atoms with Crippen LogP contribution in [0.2, 0.25) is 0 Å². The molecule has 1 saturated heterocycles. The van der Waals surface area contributed by atoms with Gasteiger partial charge in [0, 0.05) is 50.4 Å². The fourth-order valence-electron chi connectivity index (χ4n) is 4.01. The van der Waals surface area contributed by atoms with E-state index in [1.165, 1.54) is 23.2 Å². The van der Waals surface area contributed by atoms with Crippen LogP contribution >= 0.6 is 0 Å². The van der Waals surface area contributed by atoms with Gasteiger partial charge in [-0.3, -0.25) is 14.8 Å². The minimum Gasteiger partial charge on any atom is -0.465 e. The summed E-state index contributed by atoms with van der Waals surface area (Å²) in [6.07, 6.45) is -2.78. The molecule has 0 radical (unpaired) electrons. The van der Waals surface area contributed by atoms with Gasteiger partial charge in [0.15, 0.2) is 0 Å². The molecular formula is C22H18F3N7O4. The third-order valence-corrected chi connectivity index (χ3v) is 5.93. The molecule has 1 N–H and O–H groups in total. The zero-order valence-corrected chi connectivity index (χ0v) is 18.7. The summed E-state index contributed by atoms with van der Waals surface area (Å²) >= 11 is 0. The van der Waals surface area contributed by atoms with E-state index < -0.39 is 18.2 Å². The Labute approximate surface area is 200 Å². The first kappa shape index (κ1) is 23.3. The van der Waals surface area contributed by atoms with Crippen LogP contribution in [0.4, 0.5) is 18.0 Å². The maximum Gasteiger partial charge on any atom is 0.471 e. The number of aromatic nitrogens is 5.